The summed E-state index contributed by atoms with van der Waals surface area (Å²) in [7, 11) is 0. The number of rotatable bonds is 5. The van der Waals surface area contributed by atoms with E-state index in [1.807, 2.05) is 0 Å². The van der Waals surface area contributed by atoms with Crippen LogP contribution < -0.4 is 5.32 Å². The van der Waals surface area contributed by atoms with E-state index in [1.165, 1.54) is 24.3 Å². The van der Waals surface area contributed by atoms with Crippen molar-refractivity contribution in [3.8, 4) is 0 Å². The van der Waals surface area contributed by atoms with Crippen molar-refractivity contribution in [2.45, 2.75) is 19.3 Å². The Kier molecular flexibility index (Phi) is 4.30. The summed E-state index contributed by atoms with van der Waals surface area (Å²) in [5.41, 5.74) is 0.441. The predicted octanol–water partition coefficient (Wildman–Crippen LogP) is 1.91. The molecule has 18 heavy (non-hydrogen) atoms. The predicted molar refractivity (Wildman–Crippen MR) is 60.4 cm³/mol. The van der Waals surface area contributed by atoms with Crippen molar-refractivity contribution in [1.29, 1.82) is 0 Å². The number of carbonyl (C=O) groups is 1. The van der Waals surface area contributed by atoms with Crippen LogP contribution in [0.4, 0.5) is 14.5 Å². The number of benzene rings is 1. The highest BCUT2D eigenvalue weighted by Gasteiger charge is 2.21. The van der Waals surface area contributed by atoms with Gasteiger partial charge in [0, 0.05) is 19.1 Å². The van der Waals surface area contributed by atoms with Crippen LogP contribution in [0.5, 0.6) is 0 Å². The van der Waals surface area contributed by atoms with Crippen molar-refractivity contribution < 1.29 is 18.5 Å². The third-order valence-corrected chi connectivity index (χ3v) is 2.11. The van der Waals surface area contributed by atoms with E-state index in [0.29, 0.717) is 12.5 Å². The molecule has 0 atom stereocenters. The van der Waals surface area contributed by atoms with Crippen LogP contribution in [0.2, 0.25) is 0 Å². The summed E-state index contributed by atoms with van der Waals surface area (Å²) in [6.07, 6.45) is -0.0892. The molecular weight excluding hydrogens is 246 g/mol. The zero-order valence-electron chi connectivity index (χ0n) is 9.65. The van der Waals surface area contributed by atoms with Crippen LogP contribution in [-0.4, -0.2) is 23.3 Å². The standard InChI is InChI=1S/C11H12F2N2O3/c1-11(12,13)7-14-10(16)6-8-2-4-9(5-3-8)15(17)18/h2-5H,6-7H2,1H3,(H,14,16). The van der Waals surface area contributed by atoms with Crippen molar-refractivity contribution in [2.24, 2.45) is 0 Å². The van der Waals surface area contributed by atoms with E-state index in [-0.39, 0.29) is 12.1 Å². The number of nitro benzene ring substituents is 1. The van der Waals surface area contributed by atoms with E-state index in [0.717, 1.165) is 0 Å². The lowest BCUT2D eigenvalue weighted by Crippen LogP contribution is -2.35. The molecular formula is C11H12F2N2O3. The van der Waals surface area contributed by atoms with Crippen LogP contribution in [0.15, 0.2) is 24.3 Å². The van der Waals surface area contributed by atoms with Gasteiger partial charge in [-0.2, -0.15) is 0 Å². The summed E-state index contributed by atoms with van der Waals surface area (Å²) in [5.74, 6) is -3.50. The molecule has 98 valence electrons. The largest absolute Gasteiger partial charge is 0.350 e. The number of hydrogen-bond acceptors (Lipinski definition) is 3. The van der Waals surface area contributed by atoms with Gasteiger partial charge in [-0.1, -0.05) is 12.1 Å². The zero-order chi connectivity index (χ0) is 13.8. The summed E-state index contributed by atoms with van der Waals surface area (Å²) in [6, 6.07) is 5.36. The molecule has 5 nitrogen and oxygen atoms in total. The van der Waals surface area contributed by atoms with Crippen LogP contribution in [0.3, 0.4) is 0 Å². The lowest BCUT2D eigenvalue weighted by Gasteiger charge is -2.11. The fraction of sp³-hybridized carbons (Fsp3) is 0.364. The third-order valence-electron chi connectivity index (χ3n) is 2.11. The van der Waals surface area contributed by atoms with Crippen LogP contribution >= 0.6 is 0 Å². The molecule has 1 amide bonds. The molecule has 0 unspecified atom stereocenters. The van der Waals surface area contributed by atoms with Gasteiger partial charge in [-0.15, -0.1) is 0 Å². The zero-order valence-corrected chi connectivity index (χ0v) is 9.65. The molecule has 0 aliphatic rings. The second-order valence-corrected chi connectivity index (χ2v) is 3.95. The van der Waals surface area contributed by atoms with E-state index in [9.17, 15) is 23.7 Å². The van der Waals surface area contributed by atoms with Crippen LogP contribution in [0.25, 0.3) is 0 Å². The van der Waals surface area contributed by atoms with Crippen molar-refractivity contribution >= 4 is 11.6 Å². The first-order chi connectivity index (χ1) is 8.28. The Morgan fingerprint density at radius 3 is 2.39 bits per heavy atom. The Labute approximate surface area is 102 Å². The lowest BCUT2D eigenvalue weighted by molar-refractivity contribution is -0.384. The van der Waals surface area contributed by atoms with Gasteiger partial charge in [0.05, 0.1) is 17.9 Å². The van der Waals surface area contributed by atoms with E-state index >= 15 is 0 Å². The molecule has 0 aliphatic carbocycles. The number of nitro groups is 1. The summed E-state index contributed by atoms with van der Waals surface area (Å²) < 4.78 is 24.9. The summed E-state index contributed by atoms with van der Waals surface area (Å²) in [6.45, 7) is -0.0159. The maximum atomic E-state index is 12.5. The Morgan fingerprint density at radius 2 is 1.94 bits per heavy atom. The molecule has 0 heterocycles. The topological polar surface area (TPSA) is 72.2 Å². The Hall–Kier alpha value is -2.05. The fourth-order valence-electron chi connectivity index (χ4n) is 1.24. The third kappa shape index (κ3) is 4.86. The van der Waals surface area contributed by atoms with Gasteiger partial charge < -0.3 is 5.32 Å². The van der Waals surface area contributed by atoms with Gasteiger partial charge in [-0.05, 0) is 5.56 Å². The van der Waals surface area contributed by atoms with Gasteiger partial charge in [-0.25, -0.2) is 8.78 Å². The smallest absolute Gasteiger partial charge is 0.269 e. The minimum absolute atomic E-state index is 0.0840. The Balaban J connectivity index is 2.52. The van der Waals surface area contributed by atoms with E-state index < -0.39 is 23.3 Å². The van der Waals surface area contributed by atoms with Crippen molar-refractivity contribution in [1.82, 2.24) is 5.32 Å². The maximum absolute atomic E-state index is 12.5. The first-order valence-corrected chi connectivity index (χ1v) is 5.16. The minimum atomic E-state index is -2.95. The second kappa shape index (κ2) is 5.52. The number of nitrogens with one attached hydrogen (secondary N) is 1. The Morgan fingerprint density at radius 1 is 1.39 bits per heavy atom. The summed E-state index contributed by atoms with van der Waals surface area (Å²) in [5, 5.41) is 12.5. The highest BCUT2D eigenvalue weighted by Crippen LogP contribution is 2.12. The number of carbonyl (C=O) groups excluding carboxylic acids is 1. The van der Waals surface area contributed by atoms with Crippen LogP contribution in [-0.2, 0) is 11.2 Å². The number of nitrogens with zero attached hydrogens (tertiary/aromatic N) is 1. The molecule has 0 saturated heterocycles. The number of halogens is 2. The van der Waals surface area contributed by atoms with Gasteiger partial charge in [-0.3, -0.25) is 14.9 Å². The minimum Gasteiger partial charge on any atom is -0.350 e. The van der Waals surface area contributed by atoms with Gasteiger partial charge >= 0.3 is 0 Å². The quantitative estimate of drug-likeness (QED) is 0.647. The molecule has 0 bridgehead atoms. The van der Waals surface area contributed by atoms with Crippen LogP contribution in [0.1, 0.15) is 12.5 Å². The fourth-order valence-corrected chi connectivity index (χ4v) is 1.24. The van der Waals surface area contributed by atoms with Gasteiger partial charge in [0.15, 0.2) is 0 Å². The molecule has 1 N–H and O–H groups in total. The van der Waals surface area contributed by atoms with Gasteiger partial charge in [0.25, 0.3) is 11.6 Å². The molecule has 0 fully saturated rings. The molecule has 0 aromatic heterocycles. The van der Waals surface area contributed by atoms with Crippen molar-refractivity contribution in [2.75, 3.05) is 6.54 Å². The molecule has 1 aromatic carbocycles. The molecule has 0 spiro atoms. The second-order valence-electron chi connectivity index (χ2n) is 3.95. The average Bonchev–Trinajstić information content (AvgIpc) is 2.26. The molecule has 0 saturated carbocycles. The summed E-state index contributed by atoms with van der Waals surface area (Å²) >= 11 is 0. The van der Waals surface area contributed by atoms with Crippen molar-refractivity contribution in [3.63, 3.8) is 0 Å². The molecule has 1 rings (SSSR count). The first kappa shape index (κ1) is 14.0. The Bertz CT molecular complexity index is 441. The molecule has 7 heteroatoms. The molecule has 0 radical (unpaired) electrons. The van der Waals surface area contributed by atoms with Gasteiger partial charge in [0.1, 0.15) is 0 Å². The highest BCUT2D eigenvalue weighted by atomic mass is 19.3. The SMILES string of the molecule is CC(F)(F)CNC(=O)Cc1ccc([N+](=O)[O-])cc1. The molecule has 0 aliphatic heterocycles. The lowest BCUT2D eigenvalue weighted by atomic mass is 10.1. The normalized spacial score (nSPS) is 11.1. The number of non-ortho nitro benzene ring substituents is 1. The average molecular weight is 258 g/mol. The summed E-state index contributed by atoms with van der Waals surface area (Å²) in [4.78, 5) is 21.1. The maximum Gasteiger partial charge on any atom is 0.269 e. The highest BCUT2D eigenvalue weighted by molar-refractivity contribution is 5.78. The number of alkyl halides is 2. The monoisotopic (exact) mass is 258 g/mol. The first-order valence-electron chi connectivity index (χ1n) is 5.16. The number of amides is 1. The number of hydrogen-bond donors (Lipinski definition) is 1. The van der Waals surface area contributed by atoms with E-state index in [4.69, 9.17) is 0 Å². The van der Waals surface area contributed by atoms with Gasteiger partial charge in [0.2, 0.25) is 5.91 Å². The van der Waals surface area contributed by atoms with Crippen molar-refractivity contribution in [3.05, 3.63) is 39.9 Å². The van der Waals surface area contributed by atoms with E-state index in [1.54, 1.807) is 0 Å². The van der Waals surface area contributed by atoms with Crippen LogP contribution in [0, 0.1) is 10.1 Å². The molecule has 1 aromatic rings. The van der Waals surface area contributed by atoms with E-state index in [2.05, 4.69) is 5.32 Å².